The normalized spacial score (nSPS) is 10.9. The molecule has 0 unspecified atom stereocenters. The number of hydrogen-bond donors (Lipinski definition) is 2. The van der Waals surface area contributed by atoms with Crippen LogP contribution in [-0.4, -0.2) is 36.6 Å². The molecule has 6 nitrogen and oxygen atoms in total. The molecule has 0 aliphatic heterocycles. The molecule has 0 spiro atoms. The monoisotopic (exact) mass is 473 g/mol. The van der Waals surface area contributed by atoms with Crippen LogP contribution in [0.4, 0.5) is 10.1 Å². The number of methoxy groups -OCH3 is 1. The molecule has 180 valence electrons. The van der Waals surface area contributed by atoms with Crippen molar-refractivity contribution in [1.29, 1.82) is 0 Å². The number of aryl methyl sites for hydroxylation is 1. The minimum Gasteiger partial charge on any atom is -0.383 e. The van der Waals surface area contributed by atoms with Gasteiger partial charge in [0.15, 0.2) is 0 Å². The van der Waals surface area contributed by atoms with Gasteiger partial charge in [0.2, 0.25) is 5.91 Å². The van der Waals surface area contributed by atoms with E-state index in [1.807, 2.05) is 53.1 Å². The molecule has 0 saturated heterocycles. The van der Waals surface area contributed by atoms with Gasteiger partial charge in [0.25, 0.3) is 5.91 Å². The number of carbonyl (C=O) groups excluding carboxylic acids is 2. The fourth-order valence-electron chi connectivity index (χ4n) is 3.96. The fraction of sp³-hybridized carbons (Fsp3) is 0.214. The molecular weight excluding hydrogens is 445 g/mol. The maximum absolute atomic E-state index is 13.4. The van der Waals surface area contributed by atoms with Gasteiger partial charge >= 0.3 is 0 Å². The summed E-state index contributed by atoms with van der Waals surface area (Å²) in [4.78, 5) is 25.4. The molecule has 0 atom stereocenters. The summed E-state index contributed by atoms with van der Waals surface area (Å²) < 4.78 is 20.3. The minimum absolute atomic E-state index is 0.0727. The topological polar surface area (TPSA) is 72.4 Å². The largest absolute Gasteiger partial charge is 0.383 e. The van der Waals surface area contributed by atoms with Gasteiger partial charge in [0.1, 0.15) is 11.5 Å². The Morgan fingerprint density at radius 3 is 2.46 bits per heavy atom. The van der Waals surface area contributed by atoms with Gasteiger partial charge in [-0.3, -0.25) is 9.59 Å². The number of halogens is 1. The van der Waals surface area contributed by atoms with Crippen LogP contribution in [0.3, 0.4) is 0 Å². The average Bonchev–Trinajstić information content (AvgIpc) is 3.22. The van der Waals surface area contributed by atoms with Crippen molar-refractivity contribution in [3.63, 3.8) is 0 Å². The molecular formula is C28H28FN3O3. The molecule has 1 aromatic heterocycles. The number of nitrogens with one attached hydrogen (secondary N) is 2. The molecule has 2 N–H and O–H groups in total. The predicted molar refractivity (Wildman–Crippen MR) is 135 cm³/mol. The number of rotatable bonds is 10. The highest BCUT2D eigenvalue weighted by Gasteiger charge is 2.17. The Hall–Kier alpha value is -3.97. The van der Waals surface area contributed by atoms with Crippen LogP contribution in [0.5, 0.6) is 0 Å². The zero-order valence-corrected chi connectivity index (χ0v) is 19.6. The second-order valence-corrected chi connectivity index (χ2v) is 8.30. The molecule has 0 radical (unpaired) electrons. The van der Waals surface area contributed by atoms with Gasteiger partial charge in [0, 0.05) is 43.2 Å². The number of nitrogens with zero attached hydrogens (tertiary/aromatic N) is 1. The van der Waals surface area contributed by atoms with E-state index in [9.17, 15) is 14.0 Å². The van der Waals surface area contributed by atoms with Crippen LogP contribution in [0.15, 0.2) is 78.9 Å². The van der Waals surface area contributed by atoms with E-state index in [1.165, 1.54) is 12.1 Å². The Labute approximate surface area is 203 Å². The van der Waals surface area contributed by atoms with Gasteiger partial charge in [-0.15, -0.1) is 0 Å². The van der Waals surface area contributed by atoms with E-state index in [2.05, 4.69) is 10.6 Å². The Bertz CT molecular complexity index is 1300. The highest BCUT2D eigenvalue weighted by molar-refractivity contribution is 6.00. The van der Waals surface area contributed by atoms with Crippen molar-refractivity contribution in [1.82, 2.24) is 9.88 Å². The van der Waals surface area contributed by atoms with Crippen LogP contribution in [-0.2, 0) is 22.5 Å². The summed E-state index contributed by atoms with van der Waals surface area (Å²) in [5, 5.41) is 6.64. The molecule has 35 heavy (non-hydrogen) atoms. The summed E-state index contributed by atoms with van der Waals surface area (Å²) in [5.41, 5.74) is 3.97. The molecule has 2 amide bonds. The van der Waals surface area contributed by atoms with Crippen molar-refractivity contribution in [2.24, 2.45) is 0 Å². The lowest BCUT2D eigenvalue weighted by Gasteiger charge is -2.12. The smallest absolute Gasteiger partial charge is 0.268 e. The van der Waals surface area contributed by atoms with Gasteiger partial charge in [-0.25, -0.2) is 4.39 Å². The maximum Gasteiger partial charge on any atom is 0.268 e. The third-order valence-electron chi connectivity index (χ3n) is 5.75. The first kappa shape index (κ1) is 24.2. The lowest BCUT2D eigenvalue weighted by Crippen LogP contribution is -2.29. The Morgan fingerprint density at radius 2 is 1.71 bits per heavy atom. The number of aromatic nitrogens is 1. The second-order valence-electron chi connectivity index (χ2n) is 8.30. The first-order valence-electron chi connectivity index (χ1n) is 11.5. The zero-order chi connectivity index (χ0) is 24.6. The highest BCUT2D eigenvalue weighted by Crippen LogP contribution is 2.25. The van der Waals surface area contributed by atoms with Crippen LogP contribution >= 0.6 is 0 Å². The summed E-state index contributed by atoms with van der Waals surface area (Å²) >= 11 is 0. The van der Waals surface area contributed by atoms with Gasteiger partial charge in [-0.1, -0.05) is 42.5 Å². The minimum atomic E-state index is -0.309. The third-order valence-corrected chi connectivity index (χ3v) is 5.75. The summed E-state index contributed by atoms with van der Waals surface area (Å²) in [7, 11) is 1.58. The number of hydrogen-bond acceptors (Lipinski definition) is 3. The number of carbonyl (C=O) groups is 2. The Balaban J connectivity index is 1.56. The lowest BCUT2D eigenvalue weighted by atomic mass is 10.1. The molecule has 0 bridgehead atoms. The lowest BCUT2D eigenvalue weighted by molar-refractivity contribution is -0.116. The number of ether oxygens (including phenoxy) is 1. The van der Waals surface area contributed by atoms with Crippen molar-refractivity contribution in [2.75, 3.05) is 25.6 Å². The summed E-state index contributed by atoms with van der Waals surface area (Å²) in [6, 6.07) is 23.5. The third kappa shape index (κ3) is 6.33. The van der Waals surface area contributed by atoms with E-state index in [1.54, 1.807) is 25.3 Å². The van der Waals surface area contributed by atoms with Gasteiger partial charge in [-0.05, 0) is 53.9 Å². The predicted octanol–water partition coefficient (Wildman–Crippen LogP) is 4.78. The standard InChI is InChI=1S/C28H28FN3O3/c1-35-16-15-30-28(34)26-18-22-17-24(31-27(33)14-9-20-5-3-2-4-6-20)12-13-25(22)32(26)19-21-7-10-23(29)11-8-21/h2-8,10-13,17-18H,9,14-16,19H2,1H3,(H,30,34)(H,31,33). The molecule has 7 heteroatoms. The van der Waals surface area contributed by atoms with Crippen molar-refractivity contribution in [3.05, 3.63) is 102 Å². The maximum atomic E-state index is 13.4. The van der Waals surface area contributed by atoms with Gasteiger partial charge in [-0.2, -0.15) is 0 Å². The summed E-state index contributed by atoms with van der Waals surface area (Å²) in [5.74, 6) is -0.610. The number of anilines is 1. The molecule has 3 aromatic carbocycles. The van der Waals surface area contributed by atoms with Gasteiger partial charge < -0.3 is 19.9 Å². The molecule has 0 saturated carbocycles. The number of amides is 2. The van der Waals surface area contributed by atoms with Gasteiger partial charge in [0.05, 0.1) is 6.61 Å². The first-order chi connectivity index (χ1) is 17.0. The van der Waals surface area contributed by atoms with Crippen molar-refractivity contribution < 1.29 is 18.7 Å². The zero-order valence-electron chi connectivity index (χ0n) is 19.6. The van der Waals surface area contributed by atoms with Crippen molar-refractivity contribution in [2.45, 2.75) is 19.4 Å². The Morgan fingerprint density at radius 1 is 0.943 bits per heavy atom. The van der Waals surface area contributed by atoms with E-state index in [0.717, 1.165) is 22.0 Å². The van der Waals surface area contributed by atoms with Crippen molar-refractivity contribution >= 4 is 28.4 Å². The fourth-order valence-corrected chi connectivity index (χ4v) is 3.96. The van der Waals surface area contributed by atoms with E-state index in [4.69, 9.17) is 4.74 Å². The Kier molecular flexibility index (Phi) is 7.90. The summed E-state index contributed by atoms with van der Waals surface area (Å²) in [6.45, 7) is 1.19. The molecule has 4 rings (SSSR count). The second kappa shape index (κ2) is 11.4. The highest BCUT2D eigenvalue weighted by atomic mass is 19.1. The van der Waals surface area contributed by atoms with E-state index in [-0.39, 0.29) is 17.6 Å². The number of fused-ring (bicyclic) bond motifs is 1. The molecule has 0 aliphatic carbocycles. The molecule has 0 aliphatic rings. The van der Waals surface area contributed by atoms with E-state index in [0.29, 0.717) is 43.9 Å². The van der Waals surface area contributed by atoms with E-state index < -0.39 is 0 Å². The van der Waals surface area contributed by atoms with E-state index >= 15 is 0 Å². The SMILES string of the molecule is COCCNC(=O)c1cc2cc(NC(=O)CCc3ccccc3)ccc2n1Cc1ccc(F)cc1. The quantitative estimate of drug-likeness (QED) is 0.326. The first-order valence-corrected chi connectivity index (χ1v) is 11.5. The average molecular weight is 474 g/mol. The molecule has 4 aromatic rings. The van der Waals surface area contributed by atoms with Crippen molar-refractivity contribution in [3.8, 4) is 0 Å². The van der Waals surface area contributed by atoms with Crippen LogP contribution in [0.2, 0.25) is 0 Å². The van der Waals surface area contributed by atoms with Crippen LogP contribution in [0.25, 0.3) is 10.9 Å². The summed E-state index contributed by atoms with van der Waals surface area (Å²) in [6.07, 6.45) is 1.04. The van der Waals surface area contributed by atoms with Crippen LogP contribution < -0.4 is 10.6 Å². The van der Waals surface area contributed by atoms with Crippen LogP contribution in [0, 0.1) is 5.82 Å². The molecule has 0 fully saturated rings. The van der Waals surface area contributed by atoms with Crippen LogP contribution in [0.1, 0.15) is 28.0 Å². The number of benzene rings is 3. The molecule has 1 heterocycles.